The highest BCUT2D eigenvalue weighted by atomic mass is 16.6. The van der Waals surface area contributed by atoms with Gasteiger partial charge in [0.25, 0.3) is 5.69 Å². The first-order valence-electron chi connectivity index (χ1n) is 11.3. The molecule has 0 radical (unpaired) electrons. The third-order valence-corrected chi connectivity index (χ3v) is 5.10. The molecule has 8 heteroatoms. The Hall–Kier alpha value is -2.48. The van der Waals surface area contributed by atoms with Gasteiger partial charge in [0.1, 0.15) is 6.10 Å². The lowest BCUT2D eigenvalue weighted by atomic mass is 10.0. The van der Waals surface area contributed by atoms with E-state index in [4.69, 9.17) is 4.74 Å². The summed E-state index contributed by atoms with van der Waals surface area (Å²) in [6.07, 6.45) is 8.90. The third kappa shape index (κ3) is 10.4. The number of carbonyl (C=O) groups excluding carboxylic acids is 2. The van der Waals surface area contributed by atoms with Crippen molar-refractivity contribution in [3.8, 4) is 0 Å². The van der Waals surface area contributed by atoms with Crippen LogP contribution in [0.2, 0.25) is 0 Å². The van der Waals surface area contributed by atoms with Gasteiger partial charge in [0.2, 0.25) is 5.91 Å². The molecule has 1 amide bonds. The number of hydrogen-bond donors (Lipinski definition) is 2. The van der Waals surface area contributed by atoms with Crippen molar-refractivity contribution < 1.29 is 24.4 Å². The van der Waals surface area contributed by atoms with Crippen molar-refractivity contribution in [1.82, 2.24) is 5.32 Å². The summed E-state index contributed by atoms with van der Waals surface area (Å²) < 4.78 is 4.98. The van der Waals surface area contributed by atoms with Crippen molar-refractivity contribution in [2.75, 3.05) is 6.61 Å². The van der Waals surface area contributed by atoms with E-state index in [0.29, 0.717) is 6.42 Å². The van der Waals surface area contributed by atoms with E-state index in [0.717, 1.165) is 19.3 Å². The fraction of sp³-hybridized carbons (Fsp3) is 0.652. The van der Waals surface area contributed by atoms with Gasteiger partial charge in [0.15, 0.2) is 6.04 Å². The van der Waals surface area contributed by atoms with Gasteiger partial charge in [0, 0.05) is 18.6 Å². The van der Waals surface area contributed by atoms with Crippen LogP contribution in [-0.2, 0) is 14.3 Å². The summed E-state index contributed by atoms with van der Waals surface area (Å²) in [6.45, 7) is 3.91. The first kappa shape index (κ1) is 26.6. The van der Waals surface area contributed by atoms with Crippen molar-refractivity contribution in [2.45, 2.75) is 90.2 Å². The van der Waals surface area contributed by atoms with Crippen molar-refractivity contribution in [1.29, 1.82) is 0 Å². The summed E-state index contributed by atoms with van der Waals surface area (Å²) in [4.78, 5) is 35.0. The lowest BCUT2D eigenvalue weighted by molar-refractivity contribution is -0.385. The lowest BCUT2D eigenvalue weighted by Gasteiger charge is -2.22. The first-order chi connectivity index (χ1) is 14.9. The number of benzene rings is 1. The summed E-state index contributed by atoms with van der Waals surface area (Å²) >= 11 is 0. The van der Waals surface area contributed by atoms with Gasteiger partial charge in [-0.25, -0.2) is 4.79 Å². The summed E-state index contributed by atoms with van der Waals surface area (Å²) in [5.74, 6) is -1.13. The maximum Gasteiger partial charge on any atom is 0.331 e. The zero-order valence-electron chi connectivity index (χ0n) is 18.7. The number of non-ortho nitro benzene ring substituents is 1. The molecule has 0 aromatic heterocycles. The molecule has 0 aliphatic heterocycles. The predicted octanol–water partition coefficient (Wildman–Crippen LogP) is 4.60. The fourth-order valence-electron chi connectivity index (χ4n) is 3.36. The highest BCUT2D eigenvalue weighted by molar-refractivity contribution is 5.85. The standard InChI is InChI=1S/C23H36N2O6/c1-3-5-6-7-8-9-10-11-12-16-20(26)24-21(23(28)31-4-2)22(27)18-14-13-15-19(17-18)25(29)30/h13-15,17,21-22,27H,3-12,16H2,1-2H3,(H,24,26)/t21-,22-/m1/s1. The van der Waals surface area contributed by atoms with Crippen LogP contribution in [0.15, 0.2) is 24.3 Å². The molecule has 174 valence electrons. The van der Waals surface area contributed by atoms with E-state index in [2.05, 4.69) is 12.2 Å². The van der Waals surface area contributed by atoms with Gasteiger partial charge in [-0.2, -0.15) is 0 Å². The fourth-order valence-corrected chi connectivity index (χ4v) is 3.36. The minimum absolute atomic E-state index is 0.0884. The Morgan fingerprint density at radius 3 is 2.26 bits per heavy atom. The Morgan fingerprint density at radius 1 is 1.06 bits per heavy atom. The number of esters is 1. The van der Waals surface area contributed by atoms with Crippen LogP contribution in [0.4, 0.5) is 5.69 Å². The molecule has 0 bridgehead atoms. The van der Waals surface area contributed by atoms with Crippen LogP contribution >= 0.6 is 0 Å². The molecule has 0 saturated heterocycles. The molecular weight excluding hydrogens is 400 g/mol. The number of aliphatic hydroxyl groups excluding tert-OH is 1. The Balaban J connectivity index is 2.55. The zero-order chi connectivity index (χ0) is 23.1. The van der Waals surface area contributed by atoms with Gasteiger partial charge >= 0.3 is 5.97 Å². The van der Waals surface area contributed by atoms with Gasteiger partial charge in [-0.15, -0.1) is 0 Å². The SMILES string of the molecule is CCCCCCCCCCCC(=O)N[C@@H](C(=O)OCC)[C@H](O)c1cccc([N+](=O)[O-])c1. The van der Waals surface area contributed by atoms with Gasteiger partial charge in [-0.3, -0.25) is 14.9 Å². The van der Waals surface area contributed by atoms with Gasteiger partial charge in [-0.1, -0.05) is 70.4 Å². The molecule has 0 saturated carbocycles. The topological polar surface area (TPSA) is 119 Å². The Kier molecular flexibility index (Phi) is 13.1. The smallest absolute Gasteiger partial charge is 0.331 e. The lowest BCUT2D eigenvalue weighted by Crippen LogP contribution is -2.46. The molecule has 0 fully saturated rings. The van der Waals surface area contributed by atoms with Gasteiger partial charge in [0.05, 0.1) is 11.5 Å². The first-order valence-corrected chi connectivity index (χ1v) is 11.3. The molecule has 1 aromatic rings. The quantitative estimate of drug-likeness (QED) is 0.169. The number of ether oxygens (including phenoxy) is 1. The molecule has 8 nitrogen and oxygen atoms in total. The monoisotopic (exact) mass is 436 g/mol. The number of nitro groups is 1. The molecule has 1 rings (SSSR count). The van der Waals surface area contributed by atoms with Crippen molar-refractivity contribution in [3.63, 3.8) is 0 Å². The summed E-state index contributed by atoms with van der Waals surface area (Å²) in [5, 5.41) is 24.1. The molecular formula is C23H36N2O6. The average Bonchev–Trinajstić information content (AvgIpc) is 2.76. The summed E-state index contributed by atoms with van der Waals surface area (Å²) in [5.41, 5.74) is -0.0456. The van der Waals surface area contributed by atoms with E-state index in [1.807, 2.05) is 0 Å². The molecule has 31 heavy (non-hydrogen) atoms. The van der Waals surface area contributed by atoms with Gasteiger partial charge < -0.3 is 15.2 Å². The zero-order valence-corrected chi connectivity index (χ0v) is 18.7. The molecule has 1 aromatic carbocycles. The second-order valence-electron chi connectivity index (χ2n) is 7.67. The van der Waals surface area contributed by atoms with Crippen LogP contribution in [0.3, 0.4) is 0 Å². The van der Waals surface area contributed by atoms with Crippen molar-refractivity contribution >= 4 is 17.6 Å². The van der Waals surface area contributed by atoms with Crippen molar-refractivity contribution in [2.24, 2.45) is 0 Å². The number of unbranched alkanes of at least 4 members (excludes halogenated alkanes) is 8. The molecule has 2 atom stereocenters. The Labute approximate surface area is 184 Å². The Bertz CT molecular complexity index is 694. The van der Waals surface area contributed by atoms with Crippen LogP contribution in [0.5, 0.6) is 0 Å². The summed E-state index contributed by atoms with van der Waals surface area (Å²) in [7, 11) is 0. The van der Waals surface area contributed by atoms with E-state index >= 15 is 0 Å². The number of nitro benzene ring substituents is 1. The van der Waals surface area contributed by atoms with E-state index in [9.17, 15) is 24.8 Å². The van der Waals surface area contributed by atoms with Crippen LogP contribution in [0.25, 0.3) is 0 Å². The van der Waals surface area contributed by atoms with Crippen LogP contribution in [-0.4, -0.2) is 34.6 Å². The van der Waals surface area contributed by atoms with Crippen molar-refractivity contribution in [3.05, 3.63) is 39.9 Å². The number of rotatable bonds is 16. The summed E-state index contributed by atoms with van der Waals surface area (Å²) in [6, 6.07) is 4.04. The van der Waals surface area contributed by atoms with Crippen LogP contribution in [0, 0.1) is 10.1 Å². The highest BCUT2D eigenvalue weighted by Gasteiger charge is 2.31. The molecule has 0 aliphatic carbocycles. The number of nitrogens with zero attached hydrogens (tertiary/aromatic N) is 1. The van der Waals surface area contributed by atoms with E-state index < -0.39 is 23.0 Å². The molecule has 0 unspecified atom stereocenters. The minimum atomic E-state index is -1.45. The van der Waals surface area contributed by atoms with E-state index in [1.54, 1.807) is 6.92 Å². The molecule has 0 aliphatic rings. The third-order valence-electron chi connectivity index (χ3n) is 5.10. The highest BCUT2D eigenvalue weighted by Crippen LogP contribution is 2.23. The maximum absolute atomic E-state index is 12.3. The molecule has 0 spiro atoms. The van der Waals surface area contributed by atoms with E-state index in [1.165, 1.54) is 56.4 Å². The normalized spacial score (nSPS) is 12.7. The molecule has 0 heterocycles. The van der Waals surface area contributed by atoms with Crippen LogP contribution in [0.1, 0.15) is 89.7 Å². The number of nitrogens with one attached hydrogen (secondary N) is 1. The van der Waals surface area contributed by atoms with Crippen LogP contribution < -0.4 is 5.32 Å². The molecule has 2 N–H and O–H groups in total. The predicted molar refractivity (Wildman–Crippen MR) is 118 cm³/mol. The van der Waals surface area contributed by atoms with E-state index in [-0.39, 0.29) is 30.2 Å². The number of carbonyl (C=O) groups is 2. The minimum Gasteiger partial charge on any atom is -0.464 e. The number of hydrogen-bond acceptors (Lipinski definition) is 6. The number of amides is 1. The Morgan fingerprint density at radius 2 is 1.68 bits per heavy atom. The average molecular weight is 437 g/mol. The largest absolute Gasteiger partial charge is 0.464 e. The second-order valence-corrected chi connectivity index (χ2v) is 7.67. The number of aliphatic hydroxyl groups is 1. The maximum atomic E-state index is 12.3. The van der Waals surface area contributed by atoms with Gasteiger partial charge in [-0.05, 0) is 18.9 Å². The second kappa shape index (κ2) is 15.3.